The molecule has 0 radical (unpaired) electrons. The molecule has 0 heterocycles. The van der Waals surface area contributed by atoms with E-state index in [9.17, 15) is 19.0 Å². The van der Waals surface area contributed by atoms with Crippen molar-refractivity contribution in [2.75, 3.05) is 40.9 Å². The van der Waals surface area contributed by atoms with E-state index < -0.39 is 32.5 Å². The number of amides is 1. The molecular weight excluding hydrogens is 1050 g/mol. The largest absolute Gasteiger partial charge is 0.756 e. The van der Waals surface area contributed by atoms with Crippen LogP contribution in [0, 0.1) is 0 Å². The van der Waals surface area contributed by atoms with Gasteiger partial charge in [0.05, 0.1) is 33.8 Å². The Kier molecular flexibility index (Phi) is 59.7. The van der Waals surface area contributed by atoms with E-state index in [2.05, 4.69) is 105 Å². The number of unbranched alkanes of at least 4 members (excludes halogenated alkanes) is 32. The molecule has 0 aromatic rings. The summed E-state index contributed by atoms with van der Waals surface area (Å²) in [6, 6.07) is -0.924. The predicted molar refractivity (Wildman–Crippen MR) is 358 cm³/mol. The van der Waals surface area contributed by atoms with E-state index in [1.807, 2.05) is 39.4 Å². The van der Waals surface area contributed by atoms with Crippen LogP contribution in [0.1, 0.15) is 303 Å². The Morgan fingerprint density at radius 3 is 1.18 bits per heavy atom. The topological polar surface area (TPSA) is 114 Å². The van der Waals surface area contributed by atoms with Gasteiger partial charge in [0, 0.05) is 12.8 Å². The fourth-order valence-electron chi connectivity index (χ4n) is 9.72. The third-order valence-electron chi connectivity index (χ3n) is 15.0. The van der Waals surface area contributed by atoms with Crippen molar-refractivity contribution in [2.24, 2.45) is 0 Å². The average molecular weight is 1180 g/mol. The van der Waals surface area contributed by atoms with Gasteiger partial charge in [-0.25, -0.2) is 0 Å². The van der Waals surface area contributed by atoms with E-state index in [1.54, 1.807) is 0 Å². The molecule has 9 nitrogen and oxygen atoms in total. The zero-order chi connectivity index (χ0) is 60.7. The molecule has 1 N–H and O–H groups in total. The minimum absolute atomic E-state index is 0.0364. The van der Waals surface area contributed by atoms with Gasteiger partial charge in [0.25, 0.3) is 7.82 Å². The molecular formula is C73H131N2O7P. The fourth-order valence-corrected chi connectivity index (χ4v) is 10.4. The van der Waals surface area contributed by atoms with Crippen molar-refractivity contribution in [1.29, 1.82) is 0 Å². The quantitative estimate of drug-likeness (QED) is 0.0212. The number of nitrogens with one attached hydrogen (secondary N) is 1. The molecule has 0 saturated heterocycles. The molecule has 0 spiro atoms. The smallest absolute Gasteiger partial charge is 0.306 e. The summed E-state index contributed by atoms with van der Waals surface area (Å²) in [7, 11) is 1.14. The molecule has 3 atom stereocenters. The Morgan fingerprint density at radius 1 is 0.434 bits per heavy atom. The highest BCUT2D eigenvalue weighted by Crippen LogP contribution is 2.38. The summed E-state index contributed by atoms with van der Waals surface area (Å²) in [4.78, 5) is 40.1. The third-order valence-corrected chi connectivity index (χ3v) is 16.0. The van der Waals surface area contributed by atoms with Gasteiger partial charge >= 0.3 is 5.97 Å². The molecule has 480 valence electrons. The van der Waals surface area contributed by atoms with Crippen LogP contribution in [0.2, 0.25) is 0 Å². The molecule has 0 aliphatic carbocycles. The lowest BCUT2D eigenvalue weighted by Crippen LogP contribution is -2.47. The first-order chi connectivity index (χ1) is 40.4. The molecule has 0 fully saturated rings. The molecule has 0 aliphatic heterocycles. The summed E-state index contributed by atoms with van der Waals surface area (Å²) in [6.45, 7) is 6.70. The fraction of sp³-hybridized carbons (Fsp3) is 0.753. The summed E-state index contributed by atoms with van der Waals surface area (Å²) in [5.41, 5.74) is 0. The van der Waals surface area contributed by atoms with Crippen LogP contribution in [0.25, 0.3) is 0 Å². The van der Waals surface area contributed by atoms with Crippen molar-refractivity contribution in [3.8, 4) is 0 Å². The monoisotopic (exact) mass is 1180 g/mol. The Hall–Kier alpha value is -3.07. The molecule has 0 rings (SSSR count). The number of likely N-dealkylation sites (N-methyl/N-ethyl adjacent to an activating group) is 1. The average Bonchev–Trinajstić information content (AvgIpc) is 3.46. The number of rotatable bonds is 62. The van der Waals surface area contributed by atoms with Crippen LogP contribution in [0.4, 0.5) is 0 Å². The van der Waals surface area contributed by atoms with E-state index in [0.29, 0.717) is 23.9 Å². The van der Waals surface area contributed by atoms with Crippen LogP contribution in [-0.4, -0.2) is 69.4 Å². The highest BCUT2D eigenvalue weighted by Gasteiger charge is 2.27. The minimum Gasteiger partial charge on any atom is -0.756 e. The Morgan fingerprint density at radius 2 is 0.783 bits per heavy atom. The Bertz CT molecular complexity index is 1740. The van der Waals surface area contributed by atoms with Crippen molar-refractivity contribution in [2.45, 2.75) is 315 Å². The summed E-state index contributed by atoms with van der Waals surface area (Å²) >= 11 is 0. The van der Waals surface area contributed by atoms with Crippen molar-refractivity contribution >= 4 is 19.7 Å². The number of nitrogens with zero attached hydrogens (tertiary/aromatic N) is 1. The van der Waals surface area contributed by atoms with Gasteiger partial charge in [-0.15, -0.1) is 0 Å². The van der Waals surface area contributed by atoms with E-state index in [-0.39, 0.29) is 18.9 Å². The molecule has 0 bridgehead atoms. The normalized spacial score (nSPS) is 14.2. The van der Waals surface area contributed by atoms with Gasteiger partial charge < -0.3 is 28.5 Å². The molecule has 0 saturated carbocycles. The summed E-state index contributed by atoms with van der Waals surface area (Å²) in [5, 5.41) is 3.02. The van der Waals surface area contributed by atoms with E-state index in [4.69, 9.17) is 13.8 Å². The second kappa shape index (κ2) is 62.0. The SMILES string of the molecule is CC/C=C\C/C=C\C/C=C\C/C=C\C/C=C\C/C=C\CCC(=O)OC(/C=C\CCCCCCCCCCCCC)C(COP(=O)([O-])OCC[N+](C)(C)C)NC(=O)CCCCCCCCCCCCCCCCC/C=C/CCCCCCCC. The van der Waals surface area contributed by atoms with Crippen LogP contribution >= 0.6 is 7.82 Å². The lowest BCUT2D eigenvalue weighted by molar-refractivity contribution is -0.870. The first kappa shape index (κ1) is 79.9. The molecule has 83 heavy (non-hydrogen) atoms. The van der Waals surface area contributed by atoms with Gasteiger partial charge in [-0.05, 0) is 96.0 Å². The number of carbonyl (C=O) groups excluding carboxylic acids is 2. The second-order valence-electron chi connectivity index (χ2n) is 24.3. The molecule has 3 unspecified atom stereocenters. The van der Waals surface area contributed by atoms with Gasteiger partial charge in [0.2, 0.25) is 5.91 Å². The van der Waals surface area contributed by atoms with Crippen LogP contribution < -0.4 is 10.2 Å². The molecule has 10 heteroatoms. The lowest BCUT2D eigenvalue weighted by Gasteiger charge is -2.30. The Balaban J connectivity index is 5.20. The van der Waals surface area contributed by atoms with E-state index >= 15 is 0 Å². The number of hydrogen-bond donors (Lipinski definition) is 1. The number of phosphoric acid groups is 1. The van der Waals surface area contributed by atoms with Gasteiger partial charge in [0.15, 0.2) is 0 Å². The van der Waals surface area contributed by atoms with Gasteiger partial charge in [0.1, 0.15) is 19.3 Å². The van der Waals surface area contributed by atoms with Crippen molar-refractivity contribution in [3.63, 3.8) is 0 Å². The van der Waals surface area contributed by atoms with Crippen molar-refractivity contribution in [1.82, 2.24) is 5.32 Å². The zero-order valence-corrected chi connectivity index (χ0v) is 55.8. The highest BCUT2D eigenvalue weighted by atomic mass is 31.2. The van der Waals surface area contributed by atoms with Crippen LogP contribution in [0.3, 0.4) is 0 Å². The lowest BCUT2D eigenvalue weighted by atomic mass is 10.0. The van der Waals surface area contributed by atoms with Crippen molar-refractivity contribution in [3.05, 3.63) is 97.2 Å². The van der Waals surface area contributed by atoms with E-state index in [1.165, 1.54) is 186 Å². The molecule has 1 amide bonds. The maximum Gasteiger partial charge on any atom is 0.306 e. The standard InChI is InChI=1S/C73H131N2O7P/c1-7-10-13-16-19-22-25-28-30-32-34-35-36-37-38-39-41-42-44-47-50-53-56-59-62-65-72(76)74-70(69-81-83(78,79)80-68-67-75(4,5)6)71(64-61-58-55-52-49-46-27-24-21-18-15-12-9-3)82-73(77)66-63-60-57-54-51-48-45-43-40-33-31-29-26-23-20-17-14-11-8-2/h11,14,20,23,28-31,40,43,48,51,57,60-61,64,70-71H,7-10,12-13,15-19,21-22,24-27,32-39,41-42,44-47,49-50,52-56,58-59,62-63,65-69H2,1-6H3,(H-,74,76,78,79)/b14-11-,23-20-,30-28+,31-29-,43-40-,51-48-,60-57-,64-61-. The van der Waals surface area contributed by atoms with Gasteiger partial charge in [-0.2, -0.15) is 0 Å². The van der Waals surface area contributed by atoms with Crippen LogP contribution in [0.15, 0.2) is 97.2 Å². The highest BCUT2D eigenvalue weighted by molar-refractivity contribution is 7.45. The minimum atomic E-state index is -4.72. The number of hydrogen-bond acceptors (Lipinski definition) is 7. The molecule has 0 aromatic heterocycles. The Labute approximate surface area is 513 Å². The number of phosphoric ester groups is 1. The maximum absolute atomic E-state index is 13.6. The van der Waals surface area contributed by atoms with Gasteiger partial charge in [-0.1, -0.05) is 292 Å². The van der Waals surface area contributed by atoms with Crippen LogP contribution in [-0.2, 0) is 27.9 Å². The van der Waals surface area contributed by atoms with Crippen LogP contribution in [0.5, 0.6) is 0 Å². The van der Waals surface area contributed by atoms with Gasteiger partial charge in [-0.3, -0.25) is 14.2 Å². The summed E-state index contributed by atoms with van der Waals surface area (Å²) < 4.78 is 30.3. The second-order valence-corrected chi connectivity index (χ2v) is 25.7. The summed E-state index contributed by atoms with van der Waals surface area (Å²) in [5.74, 6) is -0.634. The molecule has 0 aromatic carbocycles. The molecule has 0 aliphatic rings. The number of quaternary nitrogens is 1. The number of carbonyl (C=O) groups is 2. The van der Waals surface area contributed by atoms with Crippen molar-refractivity contribution < 1.29 is 37.3 Å². The zero-order valence-electron chi connectivity index (χ0n) is 54.9. The first-order valence-electron chi connectivity index (χ1n) is 34.5. The summed E-state index contributed by atoms with van der Waals surface area (Å²) in [6.07, 6.45) is 84.0. The predicted octanol–water partition coefficient (Wildman–Crippen LogP) is 21.3. The van der Waals surface area contributed by atoms with E-state index in [0.717, 1.165) is 77.0 Å². The number of allylic oxidation sites excluding steroid dienone is 15. The number of esters is 1. The maximum atomic E-state index is 13.6. The third kappa shape index (κ3) is 63.3. The number of ether oxygens (including phenoxy) is 1. The first-order valence-corrected chi connectivity index (χ1v) is 36.0.